The summed E-state index contributed by atoms with van der Waals surface area (Å²) in [6.45, 7) is 3.63. The van der Waals surface area contributed by atoms with Crippen LogP contribution in [0.3, 0.4) is 0 Å². The van der Waals surface area contributed by atoms with E-state index in [-0.39, 0.29) is 24.2 Å². The van der Waals surface area contributed by atoms with Crippen molar-refractivity contribution in [3.63, 3.8) is 0 Å². The Balaban J connectivity index is 2.70. The van der Waals surface area contributed by atoms with Crippen molar-refractivity contribution < 1.29 is 10.0 Å². The van der Waals surface area contributed by atoms with Crippen molar-refractivity contribution in [1.82, 2.24) is 5.32 Å². The van der Waals surface area contributed by atoms with Crippen LogP contribution in [0.5, 0.6) is 0 Å². The van der Waals surface area contributed by atoms with Gasteiger partial charge < -0.3 is 16.3 Å². The van der Waals surface area contributed by atoms with Gasteiger partial charge in [-0.25, -0.2) is 0 Å². The van der Waals surface area contributed by atoms with E-state index >= 15 is 0 Å². The summed E-state index contributed by atoms with van der Waals surface area (Å²) < 4.78 is 0. The molecule has 0 spiro atoms. The number of benzene rings is 1. The molecule has 1 amide bonds. The number of rotatable bonds is 4. The Hall–Kier alpha value is -1.75. The maximum atomic E-state index is 11.9. The van der Waals surface area contributed by atoms with Crippen molar-refractivity contribution in [3.05, 3.63) is 34.3 Å². The number of amides is 1. The monoisotopic (exact) mass is 269 g/mol. The Morgan fingerprint density at radius 1 is 1.56 bits per heavy atom. The Kier molecular flexibility index (Phi) is 4.97. The molecule has 98 valence electrons. The predicted octanol–water partition coefficient (Wildman–Crippen LogP) is 1.90. The number of carbonyl (C=O) groups excluding carboxylic acids is 1. The molecule has 1 aromatic rings. The van der Waals surface area contributed by atoms with Gasteiger partial charge >= 0.3 is 0 Å². The van der Waals surface area contributed by atoms with Crippen LogP contribution >= 0.6 is 11.6 Å². The molecule has 0 heterocycles. The van der Waals surface area contributed by atoms with Crippen LogP contribution in [0, 0.1) is 6.92 Å². The van der Waals surface area contributed by atoms with Gasteiger partial charge in [-0.05, 0) is 37.6 Å². The summed E-state index contributed by atoms with van der Waals surface area (Å²) in [6, 6.07) is 4.89. The summed E-state index contributed by atoms with van der Waals surface area (Å²) in [4.78, 5) is 11.9. The van der Waals surface area contributed by atoms with Crippen molar-refractivity contribution in [2.24, 2.45) is 10.9 Å². The molecule has 1 rings (SSSR count). The van der Waals surface area contributed by atoms with E-state index in [1.807, 2.05) is 6.92 Å². The lowest BCUT2D eigenvalue weighted by Gasteiger charge is -2.13. The van der Waals surface area contributed by atoms with Crippen molar-refractivity contribution >= 4 is 23.3 Å². The summed E-state index contributed by atoms with van der Waals surface area (Å²) in [5.74, 6) is -0.163. The average molecular weight is 270 g/mol. The molecule has 5 nitrogen and oxygen atoms in total. The largest absolute Gasteiger partial charge is 0.409 e. The van der Waals surface area contributed by atoms with E-state index in [2.05, 4.69) is 10.5 Å². The number of aryl methyl sites for hydroxylation is 1. The highest BCUT2D eigenvalue weighted by Crippen LogP contribution is 2.14. The van der Waals surface area contributed by atoms with E-state index in [9.17, 15) is 4.79 Å². The van der Waals surface area contributed by atoms with Crippen LogP contribution in [0.2, 0.25) is 5.02 Å². The Morgan fingerprint density at radius 3 is 2.78 bits per heavy atom. The maximum Gasteiger partial charge on any atom is 0.251 e. The van der Waals surface area contributed by atoms with Crippen LogP contribution in [-0.2, 0) is 0 Å². The number of carbonyl (C=O) groups is 1. The Bertz CT molecular complexity index is 454. The lowest BCUT2D eigenvalue weighted by molar-refractivity contribution is 0.0941. The van der Waals surface area contributed by atoms with E-state index in [0.717, 1.165) is 5.56 Å². The van der Waals surface area contributed by atoms with Crippen LogP contribution in [-0.4, -0.2) is 23.0 Å². The normalized spacial score (nSPS) is 13.2. The first kappa shape index (κ1) is 14.3. The number of hydrogen-bond acceptors (Lipinski definition) is 3. The smallest absolute Gasteiger partial charge is 0.251 e. The summed E-state index contributed by atoms with van der Waals surface area (Å²) in [7, 11) is 0. The summed E-state index contributed by atoms with van der Waals surface area (Å²) >= 11 is 5.89. The number of oxime groups is 1. The van der Waals surface area contributed by atoms with Gasteiger partial charge in [-0.1, -0.05) is 16.8 Å². The first-order valence-electron chi connectivity index (χ1n) is 5.47. The SMILES string of the molecule is Cc1cc(Cl)cc(C(=O)NC(C)C/C(N)=N/O)c1. The average Bonchev–Trinajstić information content (AvgIpc) is 2.27. The van der Waals surface area contributed by atoms with Gasteiger partial charge in [0.15, 0.2) is 0 Å². The Labute approximate surface area is 111 Å². The van der Waals surface area contributed by atoms with E-state index in [1.54, 1.807) is 25.1 Å². The minimum atomic E-state index is -0.237. The second-order valence-corrected chi connectivity index (χ2v) is 4.62. The summed E-state index contributed by atoms with van der Waals surface area (Å²) in [6.07, 6.45) is 0.280. The molecule has 4 N–H and O–H groups in total. The van der Waals surface area contributed by atoms with Gasteiger partial charge in [-0.15, -0.1) is 0 Å². The van der Waals surface area contributed by atoms with Gasteiger partial charge in [0.05, 0.1) is 0 Å². The van der Waals surface area contributed by atoms with Crippen molar-refractivity contribution in [3.8, 4) is 0 Å². The van der Waals surface area contributed by atoms with Crippen LogP contribution in [0.25, 0.3) is 0 Å². The van der Waals surface area contributed by atoms with Gasteiger partial charge in [0.25, 0.3) is 5.91 Å². The quantitative estimate of drug-likeness (QED) is 0.338. The van der Waals surface area contributed by atoms with E-state index in [4.69, 9.17) is 22.5 Å². The molecule has 0 bridgehead atoms. The van der Waals surface area contributed by atoms with E-state index in [0.29, 0.717) is 10.6 Å². The van der Waals surface area contributed by atoms with Crippen molar-refractivity contribution in [1.29, 1.82) is 0 Å². The first-order chi connectivity index (χ1) is 8.42. The highest BCUT2D eigenvalue weighted by Gasteiger charge is 2.12. The number of nitrogens with zero attached hydrogens (tertiary/aromatic N) is 1. The molecule has 0 saturated carbocycles. The second kappa shape index (κ2) is 6.26. The van der Waals surface area contributed by atoms with Gasteiger partial charge in [0.1, 0.15) is 5.84 Å². The second-order valence-electron chi connectivity index (χ2n) is 4.19. The first-order valence-corrected chi connectivity index (χ1v) is 5.84. The van der Waals surface area contributed by atoms with Gasteiger partial charge in [-0.2, -0.15) is 0 Å². The lowest BCUT2D eigenvalue weighted by Crippen LogP contribution is -2.35. The molecule has 18 heavy (non-hydrogen) atoms. The fraction of sp³-hybridized carbons (Fsp3) is 0.333. The van der Waals surface area contributed by atoms with Crippen LogP contribution < -0.4 is 11.1 Å². The standard InChI is InChI=1S/C12H16ClN3O2/c1-7-3-9(6-10(13)4-7)12(17)15-8(2)5-11(14)16-18/h3-4,6,8,18H,5H2,1-2H3,(H2,14,16)(H,15,17). The lowest BCUT2D eigenvalue weighted by atomic mass is 10.1. The number of hydrogen-bond donors (Lipinski definition) is 3. The molecule has 0 radical (unpaired) electrons. The van der Waals surface area contributed by atoms with Gasteiger partial charge in [-0.3, -0.25) is 4.79 Å². The zero-order valence-corrected chi connectivity index (χ0v) is 11.0. The predicted molar refractivity (Wildman–Crippen MR) is 71.1 cm³/mol. The highest BCUT2D eigenvalue weighted by molar-refractivity contribution is 6.31. The van der Waals surface area contributed by atoms with Crippen LogP contribution in [0.4, 0.5) is 0 Å². The molecule has 0 fully saturated rings. The zero-order valence-electron chi connectivity index (χ0n) is 10.3. The number of halogens is 1. The highest BCUT2D eigenvalue weighted by atomic mass is 35.5. The molecule has 1 atom stereocenters. The number of nitrogens with two attached hydrogens (primary N) is 1. The molecular formula is C12H16ClN3O2. The summed E-state index contributed by atoms with van der Waals surface area (Å²) in [5, 5.41) is 14.6. The number of nitrogens with one attached hydrogen (secondary N) is 1. The molecule has 1 unspecified atom stereocenters. The van der Waals surface area contributed by atoms with Crippen molar-refractivity contribution in [2.75, 3.05) is 0 Å². The topological polar surface area (TPSA) is 87.7 Å². The molecule has 0 aliphatic rings. The minimum Gasteiger partial charge on any atom is -0.409 e. The molecule has 0 aromatic heterocycles. The minimum absolute atomic E-state index is 0.0741. The van der Waals surface area contributed by atoms with Gasteiger partial charge in [0, 0.05) is 23.0 Å². The molecule has 1 aromatic carbocycles. The van der Waals surface area contributed by atoms with Crippen LogP contribution in [0.15, 0.2) is 23.4 Å². The maximum absolute atomic E-state index is 11.9. The fourth-order valence-electron chi connectivity index (χ4n) is 1.58. The number of amidine groups is 1. The fourth-order valence-corrected chi connectivity index (χ4v) is 1.87. The van der Waals surface area contributed by atoms with Gasteiger partial charge in [0.2, 0.25) is 0 Å². The third-order valence-electron chi connectivity index (χ3n) is 2.33. The third kappa shape index (κ3) is 4.25. The molecule has 0 aliphatic heterocycles. The van der Waals surface area contributed by atoms with E-state index in [1.165, 1.54) is 0 Å². The molecule has 0 saturated heterocycles. The molecular weight excluding hydrogens is 254 g/mol. The Morgan fingerprint density at radius 2 is 2.22 bits per heavy atom. The zero-order chi connectivity index (χ0) is 13.7. The summed E-state index contributed by atoms with van der Waals surface area (Å²) in [5.41, 5.74) is 6.77. The van der Waals surface area contributed by atoms with Crippen LogP contribution in [0.1, 0.15) is 29.3 Å². The van der Waals surface area contributed by atoms with Crippen molar-refractivity contribution in [2.45, 2.75) is 26.3 Å². The molecule has 0 aliphatic carbocycles. The molecule has 6 heteroatoms. The third-order valence-corrected chi connectivity index (χ3v) is 2.54. The van der Waals surface area contributed by atoms with E-state index < -0.39 is 0 Å².